The number of anilines is 3. The molecule has 2 N–H and O–H groups in total. The molecular weight excluding hydrogens is 501 g/mol. The Hall–Kier alpha value is -4.47. The summed E-state index contributed by atoms with van der Waals surface area (Å²) in [6.07, 6.45) is 8.09. The Bertz CT molecular complexity index is 1570. The minimum atomic E-state index is -4.22. The third-order valence-electron chi connectivity index (χ3n) is 6.28. The average molecular weight is 530 g/mol. The van der Waals surface area contributed by atoms with Crippen molar-refractivity contribution < 1.29 is 14.4 Å². The molecule has 0 aliphatic rings. The molecule has 5 heteroatoms. The van der Waals surface area contributed by atoms with E-state index in [1.165, 1.54) is 12.1 Å². The van der Waals surface area contributed by atoms with Crippen molar-refractivity contribution >= 4 is 54.3 Å². The number of rotatable bonds is 8. The second kappa shape index (κ2) is 11.9. The fourth-order valence-electron chi connectivity index (χ4n) is 4.22. The predicted molar refractivity (Wildman–Crippen MR) is 164 cm³/mol. The molecule has 0 heterocycles. The van der Waals surface area contributed by atoms with Crippen LogP contribution in [0.1, 0.15) is 22.3 Å². The molecule has 0 aliphatic heterocycles. The fourth-order valence-corrected chi connectivity index (χ4v) is 4.76. The quantitative estimate of drug-likeness (QED) is 0.157. The van der Waals surface area contributed by atoms with Crippen molar-refractivity contribution in [3.8, 4) is 0 Å². The van der Waals surface area contributed by atoms with E-state index in [0.29, 0.717) is 0 Å². The van der Waals surface area contributed by atoms with Crippen molar-refractivity contribution in [2.75, 3.05) is 4.90 Å². The molecule has 0 fully saturated rings. The van der Waals surface area contributed by atoms with Crippen LogP contribution in [0, 0.1) is 0 Å². The van der Waals surface area contributed by atoms with Crippen molar-refractivity contribution in [1.82, 2.24) is 0 Å². The van der Waals surface area contributed by atoms with Gasteiger partial charge in [-0.1, -0.05) is 109 Å². The topological polar surface area (TPSA) is 60.8 Å². The zero-order valence-electron chi connectivity index (χ0n) is 21.2. The van der Waals surface area contributed by atoms with Gasteiger partial charge in [0.05, 0.1) is 5.30 Å². The summed E-state index contributed by atoms with van der Waals surface area (Å²) in [5.74, 6) is 0. The van der Waals surface area contributed by atoms with Crippen molar-refractivity contribution in [2.24, 2.45) is 0 Å². The Labute approximate surface area is 229 Å². The Morgan fingerprint density at radius 3 is 1.10 bits per heavy atom. The molecule has 39 heavy (non-hydrogen) atoms. The molecule has 0 aromatic heterocycles. The van der Waals surface area contributed by atoms with Gasteiger partial charge in [-0.25, -0.2) is 0 Å². The molecule has 0 saturated carbocycles. The highest BCUT2D eigenvalue weighted by atomic mass is 31.2. The third-order valence-corrected chi connectivity index (χ3v) is 7.25. The summed E-state index contributed by atoms with van der Waals surface area (Å²) in [7, 11) is -4.22. The molecule has 4 nitrogen and oxygen atoms in total. The summed E-state index contributed by atoms with van der Waals surface area (Å²) in [6, 6.07) is 43.8. The first-order valence-electron chi connectivity index (χ1n) is 12.6. The highest BCUT2D eigenvalue weighted by molar-refractivity contribution is 7.60. The summed E-state index contributed by atoms with van der Waals surface area (Å²) in [6.45, 7) is 0. The van der Waals surface area contributed by atoms with E-state index < -0.39 is 7.60 Å². The first-order chi connectivity index (χ1) is 19.0. The highest BCUT2D eigenvalue weighted by Gasteiger charge is 2.15. The SMILES string of the molecule is O=P(O)(O)c1ccc(C=Cc2ccc(C=Cc3ccc(N(c4ccccc4)c4ccccc4)cc3)cc2)cc1. The number of hydrogen-bond donors (Lipinski definition) is 2. The number of para-hydroxylation sites is 2. The number of nitrogens with zero attached hydrogens (tertiary/aromatic N) is 1. The van der Waals surface area contributed by atoms with E-state index in [1.807, 2.05) is 36.4 Å². The van der Waals surface area contributed by atoms with E-state index in [-0.39, 0.29) is 5.30 Å². The maximum absolute atomic E-state index is 11.3. The zero-order valence-corrected chi connectivity index (χ0v) is 22.1. The Balaban J connectivity index is 1.26. The van der Waals surface area contributed by atoms with Crippen molar-refractivity contribution in [2.45, 2.75) is 0 Å². The van der Waals surface area contributed by atoms with Crippen molar-refractivity contribution in [1.29, 1.82) is 0 Å². The van der Waals surface area contributed by atoms with E-state index in [4.69, 9.17) is 0 Å². The van der Waals surface area contributed by atoms with Crippen LogP contribution in [0.25, 0.3) is 24.3 Å². The normalized spacial score (nSPS) is 11.7. The molecule has 0 bridgehead atoms. The second-order valence-electron chi connectivity index (χ2n) is 9.07. The monoisotopic (exact) mass is 529 g/mol. The van der Waals surface area contributed by atoms with E-state index >= 15 is 0 Å². The second-order valence-corrected chi connectivity index (χ2v) is 10.7. The molecule has 0 spiro atoms. The van der Waals surface area contributed by atoms with Gasteiger partial charge in [0, 0.05) is 17.1 Å². The fraction of sp³-hybridized carbons (Fsp3) is 0. The van der Waals surface area contributed by atoms with Crippen LogP contribution >= 0.6 is 7.60 Å². The smallest absolute Gasteiger partial charge is 0.321 e. The summed E-state index contributed by atoms with van der Waals surface area (Å²) in [5.41, 5.74) is 7.44. The molecule has 0 radical (unpaired) electrons. The van der Waals surface area contributed by atoms with Crippen LogP contribution in [0.4, 0.5) is 17.1 Å². The molecule has 0 amide bonds. The lowest BCUT2D eigenvalue weighted by Gasteiger charge is -2.25. The average Bonchev–Trinajstić information content (AvgIpc) is 2.97. The molecule has 0 saturated heterocycles. The van der Waals surface area contributed by atoms with Crippen LogP contribution in [0.15, 0.2) is 133 Å². The van der Waals surface area contributed by atoms with Gasteiger partial charge in [0.25, 0.3) is 0 Å². The van der Waals surface area contributed by atoms with Crippen molar-refractivity contribution in [3.63, 3.8) is 0 Å². The van der Waals surface area contributed by atoms with Gasteiger partial charge in [-0.3, -0.25) is 4.57 Å². The van der Waals surface area contributed by atoms with Crippen molar-refractivity contribution in [3.05, 3.63) is 156 Å². The Morgan fingerprint density at radius 1 is 0.436 bits per heavy atom. The standard InChI is InChI=1S/C34H28NO3P/c36-39(37,38)34-25-21-30(22-26-34)18-16-28-13-11-27(12-14-28)15-17-29-19-23-33(24-20-29)35(31-7-3-1-4-8-31)32-9-5-2-6-10-32/h1-26H,(H2,36,37,38). The summed E-state index contributed by atoms with van der Waals surface area (Å²) < 4.78 is 11.3. The van der Waals surface area contributed by atoms with Crippen LogP contribution in [0.5, 0.6) is 0 Å². The minimum Gasteiger partial charge on any atom is -0.321 e. The lowest BCUT2D eigenvalue weighted by molar-refractivity contribution is 0.387. The van der Waals surface area contributed by atoms with Gasteiger partial charge in [0.1, 0.15) is 0 Å². The van der Waals surface area contributed by atoms with Crippen LogP contribution in [-0.4, -0.2) is 9.79 Å². The minimum absolute atomic E-state index is 0.0233. The van der Waals surface area contributed by atoms with Gasteiger partial charge in [-0.05, 0) is 70.8 Å². The molecule has 5 aromatic rings. The number of hydrogen-bond acceptors (Lipinski definition) is 2. The molecule has 0 atom stereocenters. The van der Waals surface area contributed by atoms with Gasteiger partial charge in [-0.15, -0.1) is 0 Å². The lowest BCUT2D eigenvalue weighted by atomic mass is 10.1. The molecule has 5 rings (SSSR count). The van der Waals surface area contributed by atoms with Gasteiger partial charge in [0.2, 0.25) is 0 Å². The van der Waals surface area contributed by atoms with Gasteiger partial charge >= 0.3 is 7.60 Å². The zero-order chi connectivity index (χ0) is 27.1. The number of benzene rings is 5. The first-order valence-corrected chi connectivity index (χ1v) is 14.2. The molecule has 0 unspecified atom stereocenters. The van der Waals surface area contributed by atoms with E-state index in [1.54, 1.807) is 12.1 Å². The predicted octanol–water partition coefficient (Wildman–Crippen LogP) is 8.30. The van der Waals surface area contributed by atoms with Crippen LogP contribution in [-0.2, 0) is 4.57 Å². The maximum Gasteiger partial charge on any atom is 0.356 e. The van der Waals surface area contributed by atoms with Gasteiger partial charge in [-0.2, -0.15) is 0 Å². The molecular formula is C34H28NO3P. The van der Waals surface area contributed by atoms with E-state index in [0.717, 1.165) is 39.3 Å². The largest absolute Gasteiger partial charge is 0.356 e. The maximum atomic E-state index is 11.3. The third kappa shape index (κ3) is 6.90. The Morgan fingerprint density at radius 2 is 0.744 bits per heavy atom. The lowest BCUT2D eigenvalue weighted by Crippen LogP contribution is -2.09. The van der Waals surface area contributed by atoms with Crippen LogP contribution in [0.3, 0.4) is 0 Å². The summed E-state index contributed by atoms with van der Waals surface area (Å²) in [4.78, 5) is 20.7. The molecule has 5 aromatic carbocycles. The van der Waals surface area contributed by atoms with E-state index in [2.05, 4.69) is 102 Å². The summed E-state index contributed by atoms with van der Waals surface area (Å²) >= 11 is 0. The first kappa shape index (κ1) is 26.1. The summed E-state index contributed by atoms with van der Waals surface area (Å²) in [5, 5.41) is 0.0233. The van der Waals surface area contributed by atoms with E-state index in [9.17, 15) is 14.4 Å². The molecule has 0 aliphatic carbocycles. The highest BCUT2D eigenvalue weighted by Crippen LogP contribution is 2.34. The molecule has 192 valence electrons. The Kier molecular flexibility index (Phi) is 8.00. The van der Waals surface area contributed by atoms with Gasteiger partial charge < -0.3 is 14.7 Å². The van der Waals surface area contributed by atoms with Crippen LogP contribution < -0.4 is 10.2 Å². The van der Waals surface area contributed by atoms with Crippen LogP contribution in [0.2, 0.25) is 0 Å². The van der Waals surface area contributed by atoms with Gasteiger partial charge in [0.15, 0.2) is 0 Å².